The monoisotopic (exact) mass is 238 g/mol. The van der Waals surface area contributed by atoms with Gasteiger partial charge in [-0.25, -0.2) is 0 Å². The summed E-state index contributed by atoms with van der Waals surface area (Å²) >= 11 is 1.64. The Balaban J connectivity index is 1.82. The molecular formula is C12H18N2OS. The van der Waals surface area contributed by atoms with E-state index in [9.17, 15) is 4.79 Å². The summed E-state index contributed by atoms with van der Waals surface area (Å²) in [6.07, 6.45) is 1.56. The van der Waals surface area contributed by atoms with Gasteiger partial charge in [0.2, 0.25) is 5.91 Å². The van der Waals surface area contributed by atoms with E-state index in [1.807, 2.05) is 17.5 Å². The van der Waals surface area contributed by atoms with Gasteiger partial charge in [0.15, 0.2) is 0 Å². The van der Waals surface area contributed by atoms with E-state index in [2.05, 4.69) is 17.6 Å². The predicted octanol–water partition coefficient (Wildman–Crippen LogP) is 1.40. The van der Waals surface area contributed by atoms with Crippen LogP contribution in [0.4, 0.5) is 0 Å². The van der Waals surface area contributed by atoms with Crippen LogP contribution in [-0.4, -0.2) is 25.0 Å². The number of hydrogen-bond acceptors (Lipinski definition) is 3. The van der Waals surface area contributed by atoms with Crippen LogP contribution in [0.5, 0.6) is 0 Å². The van der Waals surface area contributed by atoms with Crippen LogP contribution in [0.15, 0.2) is 17.5 Å². The summed E-state index contributed by atoms with van der Waals surface area (Å²) in [6.45, 7) is 4.19. The molecule has 1 saturated heterocycles. The minimum atomic E-state index is 0.154. The Kier molecular flexibility index (Phi) is 3.96. The molecule has 1 aromatic rings. The topological polar surface area (TPSA) is 41.1 Å². The van der Waals surface area contributed by atoms with E-state index in [-0.39, 0.29) is 5.91 Å². The van der Waals surface area contributed by atoms with Gasteiger partial charge in [-0.05, 0) is 36.9 Å². The molecule has 0 bridgehead atoms. The molecule has 16 heavy (non-hydrogen) atoms. The van der Waals surface area contributed by atoms with Gasteiger partial charge in [0.1, 0.15) is 0 Å². The molecule has 2 unspecified atom stereocenters. The molecule has 0 aromatic carbocycles. The Morgan fingerprint density at radius 2 is 2.56 bits per heavy atom. The number of thiophene rings is 1. The van der Waals surface area contributed by atoms with Gasteiger partial charge in [-0.1, -0.05) is 13.0 Å². The van der Waals surface area contributed by atoms with E-state index in [0.717, 1.165) is 24.4 Å². The van der Waals surface area contributed by atoms with Gasteiger partial charge < -0.3 is 10.6 Å². The first-order valence-corrected chi connectivity index (χ1v) is 6.66. The summed E-state index contributed by atoms with van der Waals surface area (Å²) in [6, 6.07) is 4.34. The summed E-state index contributed by atoms with van der Waals surface area (Å²) in [5, 5.41) is 8.48. The molecule has 0 spiro atoms. The number of carbonyl (C=O) groups excluding carboxylic acids is 1. The molecule has 1 aliphatic heterocycles. The summed E-state index contributed by atoms with van der Waals surface area (Å²) in [5.41, 5.74) is 0. The molecule has 1 fully saturated rings. The van der Waals surface area contributed by atoms with Crippen LogP contribution in [0.25, 0.3) is 0 Å². The minimum Gasteiger partial charge on any atom is -0.353 e. The second-order valence-corrected chi connectivity index (χ2v) is 5.43. The maximum absolute atomic E-state index is 11.8. The molecule has 2 N–H and O–H groups in total. The van der Waals surface area contributed by atoms with Crippen LogP contribution in [0, 0.1) is 5.92 Å². The number of piperidine rings is 1. The lowest BCUT2D eigenvalue weighted by molar-refractivity contribution is -0.121. The van der Waals surface area contributed by atoms with Crippen molar-refractivity contribution in [2.75, 3.05) is 13.1 Å². The molecule has 1 aromatic heterocycles. The van der Waals surface area contributed by atoms with Gasteiger partial charge in [0.05, 0.1) is 6.42 Å². The lowest BCUT2D eigenvalue weighted by Crippen LogP contribution is -2.48. The molecule has 2 atom stereocenters. The van der Waals surface area contributed by atoms with Crippen molar-refractivity contribution in [3.63, 3.8) is 0 Å². The third-order valence-electron chi connectivity index (χ3n) is 3.05. The first kappa shape index (κ1) is 11.6. The zero-order valence-electron chi connectivity index (χ0n) is 9.53. The number of amides is 1. The minimum absolute atomic E-state index is 0.154. The highest BCUT2D eigenvalue weighted by Crippen LogP contribution is 2.12. The molecule has 0 radical (unpaired) electrons. The molecule has 2 heterocycles. The molecular weight excluding hydrogens is 220 g/mol. The van der Waals surface area contributed by atoms with E-state index in [1.165, 1.54) is 0 Å². The van der Waals surface area contributed by atoms with Crippen molar-refractivity contribution >= 4 is 17.2 Å². The highest BCUT2D eigenvalue weighted by molar-refractivity contribution is 7.10. The third-order valence-corrected chi connectivity index (χ3v) is 3.92. The molecule has 0 aliphatic carbocycles. The van der Waals surface area contributed by atoms with Crippen molar-refractivity contribution < 1.29 is 4.79 Å². The summed E-state index contributed by atoms with van der Waals surface area (Å²) in [5.74, 6) is 0.683. The van der Waals surface area contributed by atoms with E-state index in [4.69, 9.17) is 0 Å². The predicted molar refractivity (Wildman–Crippen MR) is 66.6 cm³/mol. The first-order valence-electron chi connectivity index (χ1n) is 5.78. The van der Waals surface area contributed by atoms with Crippen LogP contribution in [0.1, 0.15) is 18.2 Å². The lowest BCUT2D eigenvalue weighted by atomic mass is 9.95. The maximum Gasteiger partial charge on any atom is 0.225 e. The zero-order valence-corrected chi connectivity index (χ0v) is 10.3. The van der Waals surface area contributed by atoms with E-state index in [1.54, 1.807) is 11.3 Å². The molecule has 1 aliphatic rings. The second kappa shape index (κ2) is 5.46. The Labute approximate surface area is 100 Å². The Morgan fingerprint density at radius 3 is 3.25 bits per heavy atom. The van der Waals surface area contributed by atoms with Gasteiger partial charge in [-0.15, -0.1) is 11.3 Å². The summed E-state index contributed by atoms with van der Waals surface area (Å²) in [7, 11) is 0. The normalized spacial score (nSPS) is 25.3. The zero-order chi connectivity index (χ0) is 11.4. The molecule has 0 saturated carbocycles. The molecule has 88 valence electrons. The fourth-order valence-corrected chi connectivity index (χ4v) is 2.76. The van der Waals surface area contributed by atoms with E-state index in [0.29, 0.717) is 18.4 Å². The summed E-state index contributed by atoms with van der Waals surface area (Å²) in [4.78, 5) is 12.9. The van der Waals surface area contributed by atoms with Crippen molar-refractivity contribution in [3.8, 4) is 0 Å². The Bertz CT molecular complexity index is 337. The largest absolute Gasteiger partial charge is 0.353 e. The molecule has 1 amide bonds. The average molecular weight is 238 g/mol. The standard InChI is InChI=1S/C12H18N2OS/c1-9-8-13-5-4-11(9)14-12(15)7-10-3-2-6-16-10/h2-3,6,9,11,13H,4-5,7-8H2,1H3,(H,14,15). The Morgan fingerprint density at radius 1 is 1.69 bits per heavy atom. The number of hydrogen-bond donors (Lipinski definition) is 2. The highest BCUT2D eigenvalue weighted by Gasteiger charge is 2.22. The van der Waals surface area contributed by atoms with E-state index < -0.39 is 0 Å². The fourth-order valence-electron chi connectivity index (χ4n) is 2.06. The van der Waals surface area contributed by atoms with Gasteiger partial charge >= 0.3 is 0 Å². The smallest absolute Gasteiger partial charge is 0.225 e. The maximum atomic E-state index is 11.8. The molecule has 3 nitrogen and oxygen atoms in total. The third kappa shape index (κ3) is 3.06. The lowest BCUT2D eigenvalue weighted by Gasteiger charge is -2.30. The number of rotatable bonds is 3. The van der Waals surface area contributed by atoms with E-state index >= 15 is 0 Å². The van der Waals surface area contributed by atoms with Crippen molar-refractivity contribution in [1.29, 1.82) is 0 Å². The quantitative estimate of drug-likeness (QED) is 0.836. The van der Waals surface area contributed by atoms with Crippen LogP contribution in [0.2, 0.25) is 0 Å². The van der Waals surface area contributed by atoms with Crippen LogP contribution < -0.4 is 10.6 Å². The Hall–Kier alpha value is -0.870. The van der Waals surface area contributed by atoms with Crippen molar-refractivity contribution in [1.82, 2.24) is 10.6 Å². The SMILES string of the molecule is CC1CNCCC1NC(=O)Cc1cccs1. The number of nitrogens with one attached hydrogen (secondary N) is 2. The highest BCUT2D eigenvalue weighted by atomic mass is 32.1. The molecule has 4 heteroatoms. The first-order chi connectivity index (χ1) is 7.75. The summed E-state index contributed by atoms with van der Waals surface area (Å²) < 4.78 is 0. The van der Waals surface area contributed by atoms with Crippen LogP contribution in [0.3, 0.4) is 0 Å². The van der Waals surface area contributed by atoms with Crippen molar-refractivity contribution in [2.45, 2.75) is 25.8 Å². The van der Waals surface area contributed by atoms with Gasteiger partial charge in [-0.3, -0.25) is 4.79 Å². The van der Waals surface area contributed by atoms with Gasteiger partial charge in [0, 0.05) is 10.9 Å². The average Bonchev–Trinajstić information content (AvgIpc) is 2.74. The number of carbonyl (C=O) groups is 1. The molecule has 2 rings (SSSR count). The van der Waals surface area contributed by atoms with Gasteiger partial charge in [-0.2, -0.15) is 0 Å². The fraction of sp³-hybridized carbons (Fsp3) is 0.583. The van der Waals surface area contributed by atoms with Crippen LogP contribution in [-0.2, 0) is 11.2 Å². The van der Waals surface area contributed by atoms with Crippen LogP contribution >= 0.6 is 11.3 Å². The van der Waals surface area contributed by atoms with Crippen molar-refractivity contribution in [2.24, 2.45) is 5.92 Å². The van der Waals surface area contributed by atoms with Crippen molar-refractivity contribution in [3.05, 3.63) is 22.4 Å². The second-order valence-electron chi connectivity index (χ2n) is 4.40. The van der Waals surface area contributed by atoms with Gasteiger partial charge in [0.25, 0.3) is 0 Å².